The van der Waals surface area contributed by atoms with E-state index >= 15 is 0 Å². The third-order valence-corrected chi connectivity index (χ3v) is 4.75. The Morgan fingerprint density at radius 1 is 1.18 bits per heavy atom. The number of nitrogens with zero attached hydrogens (tertiary/aromatic N) is 4. The van der Waals surface area contributed by atoms with Gasteiger partial charge in [-0.15, -0.1) is 0 Å². The van der Waals surface area contributed by atoms with Gasteiger partial charge in [-0.2, -0.15) is 0 Å². The highest BCUT2D eigenvalue weighted by Gasteiger charge is 2.31. The molecule has 0 atom stereocenters. The van der Waals surface area contributed by atoms with Crippen LogP contribution in [-0.2, 0) is 13.0 Å². The molecule has 0 saturated heterocycles. The van der Waals surface area contributed by atoms with Crippen molar-refractivity contribution in [2.24, 2.45) is 0 Å². The highest BCUT2D eigenvalue weighted by Crippen LogP contribution is 2.40. The largest absolute Gasteiger partial charge is 0.497 e. The quantitative estimate of drug-likeness (QED) is 0.517. The van der Waals surface area contributed by atoms with Crippen molar-refractivity contribution in [3.63, 3.8) is 0 Å². The fourth-order valence-electron chi connectivity index (χ4n) is 3.35. The normalized spacial score (nSPS) is 12.5. The van der Waals surface area contributed by atoms with Crippen molar-refractivity contribution < 1.29 is 9.66 Å². The zero-order valence-corrected chi connectivity index (χ0v) is 15.3. The minimum Gasteiger partial charge on any atom is -0.497 e. The highest BCUT2D eigenvalue weighted by atomic mass is 16.6. The number of nitrogens with one attached hydrogen (secondary N) is 1. The average molecular weight is 377 g/mol. The van der Waals surface area contributed by atoms with E-state index in [0.717, 1.165) is 29.0 Å². The summed E-state index contributed by atoms with van der Waals surface area (Å²) < 4.78 is 5.15. The summed E-state index contributed by atoms with van der Waals surface area (Å²) in [6.07, 6.45) is 2.19. The molecule has 0 spiro atoms. The summed E-state index contributed by atoms with van der Waals surface area (Å²) in [7, 11) is 1.61. The Bertz CT molecular complexity index is 1010. The van der Waals surface area contributed by atoms with Gasteiger partial charge in [0.2, 0.25) is 11.6 Å². The Hall–Kier alpha value is -3.68. The molecule has 1 aliphatic heterocycles. The molecule has 142 valence electrons. The van der Waals surface area contributed by atoms with Crippen LogP contribution >= 0.6 is 0 Å². The van der Waals surface area contributed by atoms with E-state index in [4.69, 9.17) is 4.74 Å². The Kier molecular flexibility index (Phi) is 4.76. The van der Waals surface area contributed by atoms with Crippen molar-refractivity contribution in [2.75, 3.05) is 23.9 Å². The minimum atomic E-state index is -0.424. The lowest BCUT2D eigenvalue weighted by Gasteiger charge is -2.19. The Morgan fingerprint density at radius 3 is 2.71 bits per heavy atom. The third kappa shape index (κ3) is 3.32. The van der Waals surface area contributed by atoms with Crippen molar-refractivity contribution in [3.8, 4) is 5.75 Å². The van der Waals surface area contributed by atoms with Crippen molar-refractivity contribution in [3.05, 3.63) is 76.1 Å². The summed E-state index contributed by atoms with van der Waals surface area (Å²) in [4.78, 5) is 21.7. The number of rotatable bonds is 6. The molecular weight excluding hydrogens is 358 g/mol. The SMILES string of the molecule is COc1ccc(CNc2ncnc(N3CCc4ccccc43)c2[N+](=O)[O-])cc1. The molecule has 1 N–H and O–H groups in total. The van der Waals surface area contributed by atoms with Crippen LogP contribution in [0.1, 0.15) is 11.1 Å². The minimum absolute atomic E-state index is 0.118. The molecule has 3 aromatic rings. The molecule has 0 radical (unpaired) electrons. The first-order chi connectivity index (χ1) is 13.7. The molecule has 8 heteroatoms. The molecule has 8 nitrogen and oxygen atoms in total. The molecule has 0 saturated carbocycles. The number of aromatic nitrogens is 2. The summed E-state index contributed by atoms with van der Waals surface area (Å²) in [5.41, 5.74) is 2.95. The van der Waals surface area contributed by atoms with Crippen LogP contribution in [0, 0.1) is 10.1 Å². The van der Waals surface area contributed by atoms with Crippen LogP contribution in [0.5, 0.6) is 5.75 Å². The van der Waals surface area contributed by atoms with E-state index < -0.39 is 4.92 Å². The second-order valence-corrected chi connectivity index (χ2v) is 6.38. The van der Waals surface area contributed by atoms with Crippen LogP contribution in [-0.4, -0.2) is 28.5 Å². The monoisotopic (exact) mass is 377 g/mol. The second kappa shape index (κ2) is 7.51. The van der Waals surface area contributed by atoms with E-state index in [1.807, 2.05) is 53.4 Å². The van der Waals surface area contributed by atoms with Gasteiger partial charge in [0.15, 0.2) is 0 Å². The van der Waals surface area contributed by atoms with E-state index in [-0.39, 0.29) is 11.5 Å². The number of ether oxygens (including phenoxy) is 1. The molecule has 4 rings (SSSR count). The first-order valence-corrected chi connectivity index (χ1v) is 8.89. The van der Waals surface area contributed by atoms with E-state index in [1.165, 1.54) is 6.33 Å². The van der Waals surface area contributed by atoms with Crippen LogP contribution in [0.2, 0.25) is 0 Å². The van der Waals surface area contributed by atoms with Crippen LogP contribution in [0.15, 0.2) is 54.9 Å². The van der Waals surface area contributed by atoms with Gasteiger partial charge in [0.25, 0.3) is 0 Å². The lowest BCUT2D eigenvalue weighted by Crippen LogP contribution is -2.18. The number of nitro groups is 1. The lowest BCUT2D eigenvalue weighted by atomic mass is 10.2. The zero-order valence-electron chi connectivity index (χ0n) is 15.3. The van der Waals surface area contributed by atoms with Gasteiger partial charge < -0.3 is 15.0 Å². The van der Waals surface area contributed by atoms with E-state index in [1.54, 1.807) is 7.11 Å². The molecule has 2 aromatic carbocycles. The van der Waals surface area contributed by atoms with Gasteiger partial charge in [0, 0.05) is 18.8 Å². The lowest BCUT2D eigenvalue weighted by molar-refractivity contribution is -0.383. The number of para-hydroxylation sites is 1. The Morgan fingerprint density at radius 2 is 1.96 bits per heavy atom. The molecule has 28 heavy (non-hydrogen) atoms. The zero-order chi connectivity index (χ0) is 19.5. The number of hydrogen-bond donors (Lipinski definition) is 1. The third-order valence-electron chi connectivity index (χ3n) is 4.75. The van der Waals surface area contributed by atoms with Crippen LogP contribution in [0.3, 0.4) is 0 Å². The maximum atomic E-state index is 11.8. The summed E-state index contributed by atoms with van der Waals surface area (Å²) >= 11 is 0. The molecule has 0 fully saturated rings. The topological polar surface area (TPSA) is 93.4 Å². The van der Waals surface area contributed by atoms with Gasteiger partial charge in [-0.05, 0) is 35.7 Å². The molecule has 0 bridgehead atoms. The Balaban J connectivity index is 1.63. The predicted octanol–water partition coefficient (Wildman–Crippen LogP) is 3.70. The summed E-state index contributed by atoms with van der Waals surface area (Å²) in [6, 6.07) is 15.4. The standard InChI is InChI=1S/C20H19N5O3/c1-28-16-8-6-14(7-9-16)12-21-19-18(25(26)27)20(23-13-22-19)24-11-10-15-4-2-3-5-17(15)24/h2-9,13H,10-12H2,1H3,(H,21,22,23). The summed E-state index contributed by atoms with van der Waals surface area (Å²) in [6.45, 7) is 1.05. The molecule has 0 amide bonds. The van der Waals surface area contributed by atoms with Crippen molar-refractivity contribution >= 4 is 23.0 Å². The maximum absolute atomic E-state index is 11.8. The molecule has 1 aromatic heterocycles. The first-order valence-electron chi connectivity index (χ1n) is 8.89. The van der Waals surface area contributed by atoms with Gasteiger partial charge >= 0.3 is 5.69 Å². The van der Waals surface area contributed by atoms with Gasteiger partial charge in [-0.3, -0.25) is 10.1 Å². The molecule has 1 aliphatic rings. The van der Waals surface area contributed by atoms with E-state index in [9.17, 15) is 10.1 Å². The molecule has 0 aliphatic carbocycles. The van der Waals surface area contributed by atoms with Crippen molar-refractivity contribution in [1.82, 2.24) is 9.97 Å². The number of fused-ring (bicyclic) bond motifs is 1. The second-order valence-electron chi connectivity index (χ2n) is 6.38. The average Bonchev–Trinajstić information content (AvgIpc) is 3.16. The molecule has 2 heterocycles. The number of hydrogen-bond acceptors (Lipinski definition) is 7. The van der Waals surface area contributed by atoms with E-state index in [2.05, 4.69) is 15.3 Å². The maximum Gasteiger partial charge on any atom is 0.353 e. The highest BCUT2D eigenvalue weighted by molar-refractivity contribution is 5.78. The molecule has 0 unspecified atom stereocenters. The number of anilines is 3. The first kappa shape index (κ1) is 17.7. The van der Waals surface area contributed by atoms with Gasteiger partial charge in [0.05, 0.1) is 12.0 Å². The number of benzene rings is 2. The Labute approximate surface area is 162 Å². The van der Waals surface area contributed by atoms with Gasteiger partial charge in [-0.25, -0.2) is 9.97 Å². The van der Waals surface area contributed by atoms with Crippen molar-refractivity contribution in [2.45, 2.75) is 13.0 Å². The van der Waals surface area contributed by atoms with E-state index in [0.29, 0.717) is 18.9 Å². The van der Waals surface area contributed by atoms with Gasteiger partial charge in [0.1, 0.15) is 12.1 Å². The van der Waals surface area contributed by atoms with Crippen LogP contribution in [0.4, 0.5) is 23.0 Å². The fraction of sp³-hybridized carbons (Fsp3) is 0.200. The van der Waals surface area contributed by atoms with Gasteiger partial charge in [-0.1, -0.05) is 30.3 Å². The number of methoxy groups -OCH3 is 1. The predicted molar refractivity (Wildman–Crippen MR) is 106 cm³/mol. The summed E-state index contributed by atoms with van der Waals surface area (Å²) in [5, 5.41) is 14.9. The smallest absolute Gasteiger partial charge is 0.353 e. The fourth-order valence-corrected chi connectivity index (χ4v) is 3.35. The van der Waals surface area contributed by atoms with Crippen LogP contribution in [0.25, 0.3) is 0 Å². The molecular formula is C20H19N5O3. The van der Waals surface area contributed by atoms with Crippen molar-refractivity contribution in [1.29, 1.82) is 0 Å². The summed E-state index contributed by atoms with van der Waals surface area (Å²) in [5.74, 6) is 1.27. The van der Waals surface area contributed by atoms with Crippen LogP contribution < -0.4 is 15.0 Å².